The second-order valence-electron chi connectivity index (χ2n) is 4.37. The maximum Gasteiger partial charge on any atom is 0.345 e. The molecule has 0 atom stereocenters. The van der Waals surface area contributed by atoms with Crippen molar-refractivity contribution in [1.82, 2.24) is 10.2 Å². The van der Waals surface area contributed by atoms with E-state index in [0.29, 0.717) is 4.88 Å². The van der Waals surface area contributed by atoms with Crippen LogP contribution < -0.4 is 5.32 Å². The molecule has 1 fully saturated rings. The summed E-state index contributed by atoms with van der Waals surface area (Å²) in [6.45, 7) is 1.85. The summed E-state index contributed by atoms with van der Waals surface area (Å²) in [5, 5.41) is 12.1. The summed E-state index contributed by atoms with van der Waals surface area (Å²) in [4.78, 5) is 25.4. The van der Waals surface area contributed by atoms with E-state index in [4.69, 9.17) is 5.11 Å². The summed E-state index contributed by atoms with van der Waals surface area (Å²) in [5.74, 6) is -1.07. The molecule has 0 saturated carbocycles. The van der Waals surface area contributed by atoms with Gasteiger partial charge in [-0.2, -0.15) is 0 Å². The highest BCUT2D eigenvalue weighted by Gasteiger charge is 2.24. The van der Waals surface area contributed by atoms with E-state index in [-0.39, 0.29) is 16.8 Å². The summed E-state index contributed by atoms with van der Waals surface area (Å²) in [6.07, 6.45) is 1.89. The van der Waals surface area contributed by atoms with Crippen molar-refractivity contribution in [2.24, 2.45) is 0 Å². The number of hydrogen-bond acceptors (Lipinski definition) is 4. The van der Waals surface area contributed by atoms with Crippen molar-refractivity contribution in [3.8, 4) is 0 Å². The lowest BCUT2D eigenvalue weighted by Gasteiger charge is -2.31. The van der Waals surface area contributed by atoms with E-state index in [0.717, 1.165) is 37.3 Å². The van der Waals surface area contributed by atoms with Gasteiger partial charge in [0.15, 0.2) is 0 Å². The molecule has 1 aliphatic heterocycles. The summed E-state index contributed by atoms with van der Waals surface area (Å²) < 4.78 is 0. The van der Waals surface area contributed by atoms with Crippen LogP contribution in [0.15, 0.2) is 12.1 Å². The third-order valence-corrected chi connectivity index (χ3v) is 4.27. The van der Waals surface area contributed by atoms with Crippen molar-refractivity contribution in [1.29, 1.82) is 0 Å². The monoisotopic (exact) mass is 268 g/mol. The molecule has 5 nitrogen and oxygen atoms in total. The number of piperidine rings is 1. The molecule has 0 bridgehead atoms. The highest BCUT2D eigenvalue weighted by Crippen LogP contribution is 2.20. The molecule has 1 saturated heterocycles. The molecular formula is C12H16N2O3S. The Hall–Kier alpha value is -1.40. The van der Waals surface area contributed by atoms with Crippen LogP contribution in [-0.4, -0.2) is 48.1 Å². The molecule has 1 amide bonds. The van der Waals surface area contributed by atoms with Gasteiger partial charge in [-0.05, 0) is 38.1 Å². The second kappa shape index (κ2) is 5.49. The van der Waals surface area contributed by atoms with Gasteiger partial charge in [0.2, 0.25) is 0 Å². The zero-order chi connectivity index (χ0) is 13.1. The number of thiophene rings is 1. The molecule has 1 aliphatic rings. The van der Waals surface area contributed by atoms with Gasteiger partial charge >= 0.3 is 5.97 Å². The highest BCUT2D eigenvalue weighted by molar-refractivity contribution is 7.15. The minimum atomic E-state index is -0.983. The lowest BCUT2D eigenvalue weighted by molar-refractivity contribution is 0.0697. The van der Waals surface area contributed by atoms with Gasteiger partial charge in [0.1, 0.15) is 4.88 Å². The van der Waals surface area contributed by atoms with Crippen LogP contribution in [0.3, 0.4) is 0 Å². The maximum atomic E-state index is 12.2. The molecule has 1 aromatic rings. The molecule has 18 heavy (non-hydrogen) atoms. The summed E-state index contributed by atoms with van der Waals surface area (Å²) >= 11 is 1.04. The number of amides is 1. The zero-order valence-corrected chi connectivity index (χ0v) is 11.0. The minimum Gasteiger partial charge on any atom is -0.477 e. The minimum absolute atomic E-state index is 0.0839. The molecule has 0 aromatic carbocycles. The summed E-state index contributed by atoms with van der Waals surface area (Å²) in [5.41, 5.74) is 0. The van der Waals surface area contributed by atoms with Gasteiger partial charge in [0.05, 0.1) is 4.88 Å². The van der Waals surface area contributed by atoms with E-state index in [2.05, 4.69) is 5.32 Å². The Balaban J connectivity index is 2.07. The van der Waals surface area contributed by atoms with E-state index in [1.165, 1.54) is 6.07 Å². The van der Waals surface area contributed by atoms with E-state index in [1.54, 1.807) is 18.0 Å². The first-order valence-corrected chi connectivity index (χ1v) is 6.72. The molecule has 0 aliphatic carbocycles. The van der Waals surface area contributed by atoms with Crippen LogP contribution in [0.2, 0.25) is 0 Å². The Morgan fingerprint density at radius 3 is 2.50 bits per heavy atom. The van der Waals surface area contributed by atoms with Gasteiger partial charge in [-0.25, -0.2) is 4.79 Å². The smallest absolute Gasteiger partial charge is 0.345 e. The Morgan fingerprint density at radius 1 is 1.33 bits per heavy atom. The van der Waals surface area contributed by atoms with E-state index in [1.807, 2.05) is 0 Å². The van der Waals surface area contributed by atoms with Crippen LogP contribution in [0.1, 0.15) is 32.2 Å². The lowest BCUT2D eigenvalue weighted by atomic mass is 10.1. The van der Waals surface area contributed by atoms with Gasteiger partial charge in [0, 0.05) is 13.1 Å². The van der Waals surface area contributed by atoms with Gasteiger partial charge in [-0.3, -0.25) is 4.79 Å². The fourth-order valence-corrected chi connectivity index (χ4v) is 2.93. The predicted molar refractivity (Wildman–Crippen MR) is 69.3 cm³/mol. The number of rotatable bonds is 3. The number of carboxylic acids is 1. The number of nitrogens with one attached hydrogen (secondary N) is 1. The van der Waals surface area contributed by atoms with Crippen molar-refractivity contribution in [2.45, 2.75) is 18.9 Å². The fourth-order valence-electron chi connectivity index (χ4n) is 2.10. The van der Waals surface area contributed by atoms with Crippen LogP contribution in [0.4, 0.5) is 0 Å². The number of carboxylic acid groups (broad SMARTS) is 1. The summed E-state index contributed by atoms with van der Waals surface area (Å²) in [6, 6.07) is 3.32. The van der Waals surface area contributed by atoms with Crippen molar-refractivity contribution < 1.29 is 14.7 Å². The highest BCUT2D eigenvalue weighted by atomic mass is 32.1. The van der Waals surface area contributed by atoms with Gasteiger partial charge < -0.3 is 15.3 Å². The van der Waals surface area contributed by atoms with Crippen molar-refractivity contribution in [2.75, 3.05) is 20.1 Å². The molecule has 1 aromatic heterocycles. The molecule has 0 spiro atoms. The SMILES string of the molecule is CN(C(=O)c1ccc(C(=O)O)s1)C1CCNCC1. The molecule has 0 radical (unpaired) electrons. The van der Waals surface area contributed by atoms with Crippen molar-refractivity contribution in [3.63, 3.8) is 0 Å². The Bertz CT molecular complexity index is 452. The molecule has 2 N–H and O–H groups in total. The van der Waals surface area contributed by atoms with Crippen molar-refractivity contribution in [3.05, 3.63) is 21.9 Å². The number of carbonyl (C=O) groups excluding carboxylic acids is 1. The largest absolute Gasteiger partial charge is 0.477 e. The second-order valence-corrected chi connectivity index (χ2v) is 5.45. The third kappa shape index (κ3) is 2.70. The third-order valence-electron chi connectivity index (χ3n) is 3.20. The molecule has 2 heterocycles. The number of aromatic carboxylic acids is 1. The van der Waals surface area contributed by atoms with Crippen LogP contribution >= 0.6 is 11.3 Å². The van der Waals surface area contributed by atoms with Crippen LogP contribution in [-0.2, 0) is 0 Å². The van der Waals surface area contributed by atoms with Crippen LogP contribution in [0, 0.1) is 0 Å². The average Bonchev–Trinajstić information content (AvgIpc) is 2.88. The molecular weight excluding hydrogens is 252 g/mol. The van der Waals surface area contributed by atoms with E-state index >= 15 is 0 Å². The first kappa shape index (κ1) is 13.0. The quantitative estimate of drug-likeness (QED) is 0.866. The first-order valence-electron chi connectivity index (χ1n) is 5.90. The predicted octanol–water partition coefficient (Wildman–Crippen LogP) is 1.27. The number of hydrogen-bond donors (Lipinski definition) is 2. The van der Waals surface area contributed by atoms with Crippen LogP contribution in [0.25, 0.3) is 0 Å². The standard InChI is InChI=1S/C12H16N2O3S/c1-14(8-4-6-13-7-5-8)11(15)9-2-3-10(18-9)12(16)17/h2-3,8,13H,4-7H2,1H3,(H,16,17). The zero-order valence-electron chi connectivity index (χ0n) is 10.2. The van der Waals surface area contributed by atoms with Gasteiger partial charge in [-0.15, -0.1) is 11.3 Å². The average molecular weight is 268 g/mol. The first-order chi connectivity index (χ1) is 8.59. The molecule has 0 unspecified atom stereocenters. The maximum absolute atomic E-state index is 12.2. The van der Waals surface area contributed by atoms with E-state index < -0.39 is 5.97 Å². The normalized spacial score (nSPS) is 16.5. The number of carbonyl (C=O) groups is 2. The molecule has 6 heteroatoms. The van der Waals surface area contributed by atoms with Crippen molar-refractivity contribution >= 4 is 23.2 Å². The molecule has 2 rings (SSSR count). The Kier molecular flexibility index (Phi) is 3.98. The molecule has 98 valence electrons. The Labute approximate surface area is 109 Å². The summed E-state index contributed by atoms with van der Waals surface area (Å²) in [7, 11) is 1.79. The van der Waals surface area contributed by atoms with Crippen LogP contribution in [0.5, 0.6) is 0 Å². The fraction of sp³-hybridized carbons (Fsp3) is 0.500. The van der Waals surface area contributed by atoms with Gasteiger partial charge in [-0.1, -0.05) is 0 Å². The number of nitrogens with zero attached hydrogens (tertiary/aromatic N) is 1. The Morgan fingerprint density at radius 2 is 1.94 bits per heavy atom. The van der Waals surface area contributed by atoms with E-state index in [9.17, 15) is 9.59 Å². The van der Waals surface area contributed by atoms with Gasteiger partial charge in [0.25, 0.3) is 5.91 Å². The lowest BCUT2D eigenvalue weighted by Crippen LogP contribution is -2.43. The topological polar surface area (TPSA) is 69.6 Å².